The van der Waals surface area contributed by atoms with E-state index in [0.29, 0.717) is 40.1 Å². The van der Waals surface area contributed by atoms with Crippen molar-refractivity contribution in [1.29, 1.82) is 5.26 Å². The van der Waals surface area contributed by atoms with E-state index < -0.39 is 11.9 Å². The summed E-state index contributed by atoms with van der Waals surface area (Å²) in [5.74, 6) is -0.197. The molecule has 0 spiro atoms. The molecular weight excluding hydrogens is 490 g/mol. The third-order valence-electron chi connectivity index (χ3n) is 4.84. The van der Waals surface area contributed by atoms with E-state index >= 15 is 0 Å². The van der Waals surface area contributed by atoms with Gasteiger partial charge in [-0.15, -0.1) is 0 Å². The molecule has 38 heavy (non-hydrogen) atoms. The molecule has 0 aromatic heterocycles. The molecule has 0 radical (unpaired) electrons. The lowest BCUT2D eigenvalue weighted by atomic mass is 9.93. The second kappa shape index (κ2) is 16.1. The van der Waals surface area contributed by atoms with E-state index in [1.165, 1.54) is 0 Å². The molecule has 0 unspecified atom stereocenters. The van der Waals surface area contributed by atoms with Gasteiger partial charge in [-0.3, -0.25) is 4.79 Å². The number of ether oxygens (including phenoxy) is 5. The zero-order valence-electron chi connectivity index (χ0n) is 21.1. The van der Waals surface area contributed by atoms with Gasteiger partial charge >= 0.3 is 11.9 Å². The lowest BCUT2D eigenvalue weighted by molar-refractivity contribution is -0.139. The molecule has 2 aromatic rings. The number of hydrogen-bond acceptors (Lipinski definition) is 9. The molecule has 9 heteroatoms. The molecule has 0 saturated carbocycles. The Labute approximate surface area is 221 Å². The summed E-state index contributed by atoms with van der Waals surface area (Å²) in [5, 5.41) is 9.81. The Morgan fingerprint density at radius 1 is 0.895 bits per heavy atom. The van der Waals surface area contributed by atoms with Crippen molar-refractivity contribution in [3.8, 4) is 17.6 Å². The van der Waals surface area contributed by atoms with E-state index in [9.17, 15) is 19.6 Å². The minimum Gasteiger partial charge on any atom is -0.491 e. The lowest BCUT2D eigenvalue weighted by Crippen LogP contribution is -2.10. The van der Waals surface area contributed by atoms with Crippen molar-refractivity contribution in [2.24, 2.45) is 0 Å². The van der Waals surface area contributed by atoms with Gasteiger partial charge in [0.15, 0.2) is 0 Å². The summed E-state index contributed by atoms with van der Waals surface area (Å²) in [6.07, 6.45) is 1.71. The fourth-order valence-corrected chi connectivity index (χ4v) is 3.11. The lowest BCUT2D eigenvalue weighted by Gasteiger charge is -2.14. The fourth-order valence-electron chi connectivity index (χ4n) is 3.11. The summed E-state index contributed by atoms with van der Waals surface area (Å²) in [6, 6.07) is 15.6. The van der Waals surface area contributed by atoms with Gasteiger partial charge in [0.25, 0.3) is 0 Å². The molecule has 9 nitrogen and oxygen atoms in total. The Bertz CT molecular complexity index is 1190. The molecule has 198 valence electrons. The zero-order valence-corrected chi connectivity index (χ0v) is 21.1. The van der Waals surface area contributed by atoms with Crippen LogP contribution >= 0.6 is 0 Å². The Morgan fingerprint density at radius 2 is 1.45 bits per heavy atom. The average Bonchev–Trinajstić information content (AvgIpc) is 2.94. The van der Waals surface area contributed by atoms with Crippen LogP contribution in [0.3, 0.4) is 0 Å². The summed E-state index contributed by atoms with van der Waals surface area (Å²) >= 11 is 0. The highest BCUT2D eigenvalue weighted by molar-refractivity contribution is 6.05. The Kier molecular flexibility index (Phi) is 12.6. The van der Waals surface area contributed by atoms with Crippen molar-refractivity contribution in [2.75, 3.05) is 39.6 Å². The van der Waals surface area contributed by atoms with Crippen LogP contribution < -0.4 is 9.47 Å². The molecular formula is C29H29NO8. The van der Waals surface area contributed by atoms with Gasteiger partial charge in [0.2, 0.25) is 0 Å². The van der Waals surface area contributed by atoms with E-state index in [1.807, 2.05) is 6.07 Å². The van der Waals surface area contributed by atoms with Crippen LogP contribution in [-0.4, -0.2) is 57.9 Å². The van der Waals surface area contributed by atoms with Crippen molar-refractivity contribution >= 4 is 23.8 Å². The van der Waals surface area contributed by atoms with Gasteiger partial charge in [-0.25, -0.2) is 9.59 Å². The largest absolute Gasteiger partial charge is 0.491 e. The van der Waals surface area contributed by atoms with E-state index in [0.717, 1.165) is 6.08 Å². The first-order valence-electron chi connectivity index (χ1n) is 11.7. The van der Waals surface area contributed by atoms with Crippen LogP contribution in [0.15, 0.2) is 78.9 Å². The Hall–Kier alpha value is -4.68. The van der Waals surface area contributed by atoms with E-state index in [1.54, 1.807) is 55.5 Å². The van der Waals surface area contributed by atoms with Gasteiger partial charge in [0.05, 0.1) is 19.8 Å². The predicted octanol–water partition coefficient (Wildman–Crippen LogP) is 3.83. The number of carbonyl (C=O) groups excluding carboxylic acids is 3. The summed E-state index contributed by atoms with van der Waals surface area (Å²) in [4.78, 5) is 34.2. The average molecular weight is 520 g/mol. The van der Waals surface area contributed by atoms with Crippen LogP contribution in [0.1, 0.15) is 18.1 Å². The van der Waals surface area contributed by atoms with Crippen molar-refractivity contribution in [3.63, 3.8) is 0 Å². The van der Waals surface area contributed by atoms with E-state index in [2.05, 4.69) is 13.2 Å². The zero-order chi connectivity index (χ0) is 27.8. The number of rotatable bonds is 16. The molecule has 0 atom stereocenters. The number of hydrogen-bond donors (Lipinski definition) is 0. The quantitative estimate of drug-likeness (QED) is 0.107. The smallest absolute Gasteiger partial charge is 0.349 e. The summed E-state index contributed by atoms with van der Waals surface area (Å²) < 4.78 is 26.5. The van der Waals surface area contributed by atoms with E-state index in [4.69, 9.17) is 23.7 Å². The van der Waals surface area contributed by atoms with Gasteiger partial charge in [-0.1, -0.05) is 37.4 Å². The minimum atomic E-state index is -0.733. The molecule has 0 bridgehead atoms. The van der Waals surface area contributed by atoms with Crippen molar-refractivity contribution in [1.82, 2.24) is 0 Å². The molecule has 0 aliphatic heterocycles. The van der Waals surface area contributed by atoms with Crippen LogP contribution in [0.2, 0.25) is 0 Å². The molecule has 0 N–H and O–H groups in total. The summed E-state index contributed by atoms with van der Waals surface area (Å²) in [5.41, 5.74) is 1.79. The molecule has 0 saturated heterocycles. The number of esters is 2. The molecule has 2 rings (SSSR count). The molecule has 0 aliphatic carbocycles. The van der Waals surface area contributed by atoms with Crippen LogP contribution in [0.4, 0.5) is 0 Å². The van der Waals surface area contributed by atoms with Gasteiger partial charge in [0.1, 0.15) is 49.2 Å². The summed E-state index contributed by atoms with van der Waals surface area (Å²) in [6.45, 7) is 9.52. The normalized spacial score (nSPS) is 10.8. The van der Waals surface area contributed by atoms with Crippen molar-refractivity contribution in [2.45, 2.75) is 6.92 Å². The number of carbonyl (C=O) groups is 3. The first-order valence-corrected chi connectivity index (χ1v) is 11.7. The maximum Gasteiger partial charge on any atom is 0.349 e. The van der Waals surface area contributed by atoms with Crippen LogP contribution in [0, 0.1) is 11.3 Å². The number of aldehydes is 1. The second-order valence-corrected chi connectivity index (χ2v) is 7.53. The molecule has 0 amide bonds. The Morgan fingerprint density at radius 3 is 1.92 bits per heavy atom. The highest BCUT2D eigenvalue weighted by Gasteiger charge is 2.20. The van der Waals surface area contributed by atoms with Crippen LogP contribution in [-0.2, 0) is 28.6 Å². The van der Waals surface area contributed by atoms with Gasteiger partial charge in [0, 0.05) is 17.2 Å². The van der Waals surface area contributed by atoms with Crippen molar-refractivity contribution < 1.29 is 38.1 Å². The van der Waals surface area contributed by atoms with Crippen molar-refractivity contribution in [3.05, 3.63) is 90.0 Å². The minimum absolute atomic E-state index is 0.0633. The summed E-state index contributed by atoms with van der Waals surface area (Å²) in [7, 11) is 0. The fraction of sp³-hybridized carbons (Fsp3) is 0.241. The third-order valence-corrected chi connectivity index (χ3v) is 4.84. The van der Waals surface area contributed by atoms with Gasteiger partial charge in [-0.05, 0) is 42.3 Å². The number of nitrogens with zero attached hydrogens (tertiary/aromatic N) is 1. The molecule has 0 aliphatic rings. The molecule has 2 aromatic carbocycles. The monoisotopic (exact) mass is 519 g/mol. The number of benzene rings is 2. The topological polar surface area (TPSA) is 121 Å². The highest BCUT2D eigenvalue weighted by Crippen LogP contribution is 2.30. The van der Waals surface area contributed by atoms with Crippen LogP contribution in [0.25, 0.3) is 5.57 Å². The maximum atomic E-state index is 12.6. The maximum absolute atomic E-state index is 12.6. The van der Waals surface area contributed by atoms with Gasteiger partial charge in [-0.2, -0.15) is 5.26 Å². The van der Waals surface area contributed by atoms with E-state index in [-0.39, 0.29) is 45.2 Å². The second-order valence-electron chi connectivity index (χ2n) is 7.53. The highest BCUT2D eigenvalue weighted by atomic mass is 16.6. The first kappa shape index (κ1) is 29.5. The third kappa shape index (κ3) is 9.41. The van der Waals surface area contributed by atoms with Crippen LogP contribution in [0.5, 0.6) is 11.5 Å². The van der Waals surface area contributed by atoms with Gasteiger partial charge < -0.3 is 23.7 Å². The molecule has 0 heterocycles. The number of nitriles is 1. The first-order chi connectivity index (χ1) is 18.4. The predicted molar refractivity (Wildman–Crippen MR) is 139 cm³/mol. The SMILES string of the molecule is C=CC(=O)OCCOc1ccc(/C(=C(\C#N)C(=O)OCC)c2ccc(OCCOCC(=C)C=O)cc2)cc1. The molecule has 0 fully saturated rings. The standard InChI is InChI=1S/C29H29NO8/c1-4-27(32)38-17-16-37-25-12-8-23(9-13-25)28(26(18-30)29(33)35-5-2)22-6-10-24(11-7-22)36-15-14-34-20-21(3)19-31/h4,6-13,19H,1,3,5,14-17,20H2,2H3/b28-26+. The Balaban J connectivity index is 2.20.